The van der Waals surface area contributed by atoms with E-state index >= 15 is 0 Å². The summed E-state index contributed by atoms with van der Waals surface area (Å²) < 4.78 is 0. The van der Waals surface area contributed by atoms with Gasteiger partial charge in [-0.3, -0.25) is 0 Å². The van der Waals surface area contributed by atoms with Crippen LogP contribution in [-0.4, -0.2) is 0 Å². The first-order chi connectivity index (χ1) is 4.81. The predicted molar refractivity (Wildman–Crippen MR) is 47.9 cm³/mol. The Bertz CT molecular complexity index is 82.0. The van der Waals surface area contributed by atoms with Crippen molar-refractivity contribution in [3.63, 3.8) is 0 Å². The maximum atomic E-state index is 3.96. The summed E-state index contributed by atoms with van der Waals surface area (Å²) >= 11 is 0. The largest absolute Gasteiger partial charge is 0.0996 e. The van der Waals surface area contributed by atoms with Crippen LogP contribution in [0.2, 0.25) is 0 Å². The molecule has 0 unspecified atom stereocenters. The molecule has 0 aromatic carbocycles. The van der Waals surface area contributed by atoms with Gasteiger partial charge in [0.15, 0.2) is 0 Å². The number of unbranched alkanes of at least 4 members (excludes halogenated alkanes) is 2. The summed E-state index contributed by atoms with van der Waals surface area (Å²) in [6.07, 6.45) is 8.50. The normalized spacial score (nSPS) is 9.80. The highest BCUT2D eigenvalue weighted by atomic mass is 14.0. The molecule has 0 nitrogen and oxygen atoms in total. The fourth-order valence-corrected chi connectivity index (χ4v) is 0.993. The van der Waals surface area contributed by atoms with Crippen molar-refractivity contribution >= 4 is 0 Å². The zero-order chi connectivity index (χ0) is 7.82. The fraction of sp³-hybridized carbons (Fsp3) is 0.700. The minimum atomic E-state index is 1.13. The van der Waals surface area contributed by atoms with Crippen molar-refractivity contribution in [1.29, 1.82) is 0 Å². The van der Waals surface area contributed by atoms with Crippen molar-refractivity contribution in [2.75, 3.05) is 0 Å². The second-order valence-electron chi connectivity index (χ2n) is 2.73. The molecular formula is C10H19. The van der Waals surface area contributed by atoms with Crippen LogP contribution in [0.25, 0.3) is 0 Å². The smallest absolute Gasteiger partial charge is 0.0143 e. The first-order valence-electron chi connectivity index (χ1n) is 4.32. The molecule has 0 aliphatic rings. The molecule has 1 radical (unpaired) electrons. The quantitative estimate of drug-likeness (QED) is 0.492. The van der Waals surface area contributed by atoms with Gasteiger partial charge in [-0.05, 0) is 25.7 Å². The Kier molecular flexibility index (Phi) is 6.68. The number of hydrogen-bond donors (Lipinski definition) is 0. The van der Waals surface area contributed by atoms with E-state index in [0.29, 0.717) is 0 Å². The minimum absolute atomic E-state index is 1.13. The van der Waals surface area contributed by atoms with Crippen LogP contribution < -0.4 is 0 Å². The van der Waals surface area contributed by atoms with Crippen molar-refractivity contribution < 1.29 is 0 Å². The van der Waals surface area contributed by atoms with Crippen molar-refractivity contribution in [3.05, 3.63) is 18.6 Å². The molecule has 0 amide bonds. The number of hydrogen-bond acceptors (Lipinski definition) is 0. The molecule has 0 aromatic heterocycles. The standard InChI is InChI=1S/C10H19/c1-4-6-7-9-10(3)8-5-2/h8H,3-7,9H2,1-2H3. The van der Waals surface area contributed by atoms with Crippen molar-refractivity contribution in [1.82, 2.24) is 0 Å². The minimum Gasteiger partial charge on any atom is -0.0996 e. The van der Waals surface area contributed by atoms with E-state index < -0.39 is 0 Å². The lowest BCUT2D eigenvalue weighted by molar-refractivity contribution is 0.713. The van der Waals surface area contributed by atoms with Crippen molar-refractivity contribution in [2.24, 2.45) is 0 Å². The summed E-state index contributed by atoms with van der Waals surface area (Å²) in [6, 6.07) is 0. The van der Waals surface area contributed by atoms with E-state index in [-0.39, 0.29) is 0 Å². The maximum absolute atomic E-state index is 3.96. The second kappa shape index (κ2) is 6.85. The van der Waals surface area contributed by atoms with Crippen LogP contribution in [0.4, 0.5) is 0 Å². The average molecular weight is 139 g/mol. The highest BCUT2D eigenvalue weighted by Crippen LogP contribution is 2.10. The highest BCUT2D eigenvalue weighted by molar-refractivity contribution is 5.06. The highest BCUT2D eigenvalue weighted by Gasteiger charge is 1.91. The zero-order valence-electron chi connectivity index (χ0n) is 7.32. The average Bonchev–Trinajstić information content (AvgIpc) is 1.89. The molecule has 0 spiro atoms. The van der Waals surface area contributed by atoms with Gasteiger partial charge >= 0.3 is 0 Å². The lowest BCUT2D eigenvalue weighted by Gasteiger charge is -2.00. The molecular weight excluding hydrogens is 120 g/mol. The van der Waals surface area contributed by atoms with Gasteiger partial charge in [-0.2, -0.15) is 0 Å². The van der Waals surface area contributed by atoms with Gasteiger partial charge < -0.3 is 0 Å². The SMILES string of the molecule is C=C([CH]CC)CCCCC. The molecule has 10 heavy (non-hydrogen) atoms. The van der Waals surface area contributed by atoms with Gasteiger partial charge in [-0.15, -0.1) is 0 Å². The summed E-state index contributed by atoms with van der Waals surface area (Å²) in [5.74, 6) is 0. The van der Waals surface area contributed by atoms with E-state index in [2.05, 4.69) is 26.8 Å². The first kappa shape index (κ1) is 9.74. The van der Waals surface area contributed by atoms with Crippen LogP contribution in [-0.2, 0) is 0 Å². The van der Waals surface area contributed by atoms with Gasteiger partial charge in [0.25, 0.3) is 0 Å². The van der Waals surface area contributed by atoms with Gasteiger partial charge in [0.05, 0.1) is 0 Å². The Labute approximate surface area is 65.3 Å². The van der Waals surface area contributed by atoms with E-state index in [1.165, 1.54) is 31.3 Å². The molecule has 59 valence electrons. The van der Waals surface area contributed by atoms with E-state index in [0.717, 1.165) is 6.42 Å². The van der Waals surface area contributed by atoms with Gasteiger partial charge in [0.1, 0.15) is 0 Å². The lowest BCUT2D eigenvalue weighted by Crippen LogP contribution is -1.82. The molecule has 0 aromatic rings. The molecule has 0 aliphatic heterocycles. The Balaban J connectivity index is 3.05. The van der Waals surface area contributed by atoms with E-state index in [9.17, 15) is 0 Å². The van der Waals surface area contributed by atoms with Gasteiger partial charge in [-0.25, -0.2) is 0 Å². The van der Waals surface area contributed by atoms with Crippen LogP contribution in [0.5, 0.6) is 0 Å². The Morgan fingerprint density at radius 2 is 2.00 bits per heavy atom. The molecule has 0 heteroatoms. The van der Waals surface area contributed by atoms with Crippen LogP contribution in [0, 0.1) is 6.42 Å². The van der Waals surface area contributed by atoms with Crippen LogP contribution in [0.15, 0.2) is 12.2 Å². The molecule has 0 aliphatic carbocycles. The zero-order valence-corrected chi connectivity index (χ0v) is 7.32. The molecule has 0 heterocycles. The Hall–Kier alpha value is -0.260. The molecule has 0 atom stereocenters. The third-order valence-electron chi connectivity index (χ3n) is 1.59. The topological polar surface area (TPSA) is 0 Å². The summed E-state index contributed by atoms with van der Waals surface area (Å²) in [5.41, 5.74) is 1.32. The monoisotopic (exact) mass is 139 g/mol. The molecule has 0 bridgehead atoms. The van der Waals surface area contributed by atoms with Crippen molar-refractivity contribution in [2.45, 2.75) is 46.0 Å². The summed E-state index contributed by atoms with van der Waals surface area (Å²) in [6.45, 7) is 8.35. The number of allylic oxidation sites excluding steroid dienone is 1. The lowest BCUT2D eigenvalue weighted by atomic mass is 10.1. The van der Waals surface area contributed by atoms with Crippen LogP contribution in [0.1, 0.15) is 46.0 Å². The number of rotatable bonds is 6. The molecule has 0 N–H and O–H groups in total. The van der Waals surface area contributed by atoms with Gasteiger partial charge in [0.2, 0.25) is 0 Å². The van der Waals surface area contributed by atoms with Gasteiger partial charge in [-0.1, -0.05) is 38.8 Å². The summed E-state index contributed by atoms with van der Waals surface area (Å²) in [4.78, 5) is 0. The first-order valence-corrected chi connectivity index (χ1v) is 4.32. The Morgan fingerprint density at radius 3 is 2.50 bits per heavy atom. The van der Waals surface area contributed by atoms with E-state index in [4.69, 9.17) is 0 Å². The summed E-state index contributed by atoms with van der Waals surface area (Å²) in [7, 11) is 0. The van der Waals surface area contributed by atoms with Crippen LogP contribution in [0.3, 0.4) is 0 Å². The second-order valence-corrected chi connectivity index (χ2v) is 2.73. The molecule has 0 saturated heterocycles. The maximum Gasteiger partial charge on any atom is -0.0143 e. The molecule has 0 saturated carbocycles. The third kappa shape index (κ3) is 5.87. The fourth-order valence-electron chi connectivity index (χ4n) is 0.993. The van der Waals surface area contributed by atoms with E-state index in [1.807, 2.05) is 0 Å². The van der Waals surface area contributed by atoms with Gasteiger partial charge in [0, 0.05) is 0 Å². The van der Waals surface area contributed by atoms with Crippen molar-refractivity contribution in [3.8, 4) is 0 Å². The van der Waals surface area contributed by atoms with E-state index in [1.54, 1.807) is 0 Å². The third-order valence-corrected chi connectivity index (χ3v) is 1.59. The summed E-state index contributed by atoms with van der Waals surface area (Å²) in [5, 5.41) is 0. The molecule has 0 fully saturated rings. The predicted octanol–water partition coefficient (Wildman–Crippen LogP) is 3.74. The Morgan fingerprint density at radius 1 is 1.30 bits per heavy atom. The molecule has 0 rings (SSSR count). The van der Waals surface area contributed by atoms with Crippen LogP contribution >= 0.6 is 0 Å².